The van der Waals surface area contributed by atoms with Crippen molar-refractivity contribution in [2.24, 2.45) is 0 Å². The second kappa shape index (κ2) is 5.64. The average molecular weight is 284 g/mol. The van der Waals surface area contributed by atoms with Crippen molar-refractivity contribution in [3.05, 3.63) is 33.3 Å². The summed E-state index contributed by atoms with van der Waals surface area (Å²) in [5, 5.41) is 17.9. The first-order valence-corrected chi connectivity index (χ1v) is 5.30. The lowest BCUT2D eigenvalue weighted by molar-refractivity contribution is -0.139. The van der Waals surface area contributed by atoms with E-state index in [9.17, 15) is 4.79 Å². The number of aliphatic hydroxyl groups excluding tert-OH is 1. The number of nitriles is 1. The standard InChI is InChI=1S/C11H10BrNO3/c1-16-11(15)4-7-2-8(5-13)9(6-14)3-10(7)12/h2-3,14H,4,6H2,1H3. The molecule has 1 aromatic rings. The number of nitrogens with zero attached hydrogens (tertiary/aromatic N) is 1. The molecule has 0 aliphatic carbocycles. The van der Waals surface area contributed by atoms with E-state index in [4.69, 9.17) is 10.4 Å². The van der Waals surface area contributed by atoms with Gasteiger partial charge in [0.15, 0.2) is 0 Å². The first kappa shape index (κ1) is 12.7. The van der Waals surface area contributed by atoms with Gasteiger partial charge in [-0.25, -0.2) is 0 Å². The van der Waals surface area contributed by atoms with Gasteiger partial charge in [-0.3, -0.25) is 4.79 Å². The number of carbonyl (C=O) groups is 1. The number of methoxy groups -OCH3 is 1. The molecule has 0 bridgehead atoms. The summed E-state index contributed by atoms with van der Waals surface area (Å²) in [6.07, 6.45) is 0.0947. The number of benzene rings is 1. The highest BCUT2D eigenvalue weighted by atomic mass is 79.9. The van der Waals surface area contributed by atoms with Crippen molar-refractivity contribution < 1.29 is 14.6 Å². The highest BCUT2D eigenvalue weighted by Gasteiger charge is 2.11. The molecule has 4 nitrogen and oxygen atoms in total. The summed E-state index contributed by atoms with van der Waals surface area (Å²) in [6, 6.07) is 5.18. The van der Waals surface area contributed by atoms with Crippen LogP contribution in [0.1, 0.15) is 16.7 Å². The summed E-state index contributed by atoms with van der Waals surface area (Å²) in [5.41, 5.74) is 1.56. The van der Waals surface area contributed by atoms with E-state index >= 15 is 0 Å². The Morgan fingerprint density at radius 1 is 1.56 bits per heavy atom. The van der Waals surface area contributed by atoms with Gasteiger partial charge in [-0.2, -0.15) is 5.26 Å². The zero-order chi connectivity index (χ0) is 12.1. The highest BCUT2D eigenvalue weighted by Crippen LogP contribution is 2.22. The molecular weight excluding hydrogens is 274 g/mol. The van der Waals surface area contributed by atoms with Crippen LogP contribution < -0.4 is 0 Å². The maximum atomic E-state index is 11.1. The smallest absolute Gasteiger partial charge is 0.310 e. The molecule has 0 saturated carbocycles. The lowest BCUT2D eigenvalue weighted by Gasteiger charge is -2.07. The second-order valence-corrected chi connectivity index (χ2v) is 3.98. The van der Waals surface area contributed by atoms with Crippen molar-refractivity contribution in [2.45, 2.75) is 13.0 Å². The van der Waals surface area contributed by atoms with Crippen LogP contribution in [-0.2, 0) is 22.6 Å². The number of hydrogen-bond acceptors (Lipinski definition) is 4. The average Bonchev–Trinajstić information content (AvgIpc) is 2.30. The maximum absolute atomic E-state index is 11.1. The Kier molecular flexibility index (Phi) is 4.47. The van der Waals surface area contributed by atoms with Gasteiger partial charge in [0.1, 0.15) is 0 Å². The van der Waals surface area contributed by atoms with Crippen LogP contribution in [0.25, 0.3) is 0 Å². The molecule has 5 heteroatoms. The Bertz CT molecular complexity index is 451. The molecule has 0 aromatic heterocycles. The Labute approximate surface area is 102 Å². The third-order valence-electron chi connectivity index (χ3n) is 2.13. The molecule has 0 amide bonds. The first-order chi connectivity index (χ1) is 7.62. The largest absolute Gasteiger partial charge is 0.469 e. The minimum atomic E-state index is -0.374. The number of aliphatic hydroxyl groups is 1. The van der Waals surface area contributed by atoms with Crippen LogP contribution in [0.2, 0.25) is 0 Å². The molecule has 0 aliphatic rings. The summed E-state index contributed by atoms with van der Waals surface area (Å²) in [4.78, 5) is 11.1. The Balaban J connectivity index is 3.12. The van der Waals surface area contributed by atoms with Gasteiger partial charge in [0.2, 0.25) is 0 Å². The summed E-state index contributed by atoms with van der Waals surface area (Å²) in [5.74, 6) is -0.374. The van der Waals surface area contributed by atoms with Gasteiger partial charge >= 0.3 is 5.97 Å². The first-order valence-electron chi connectivity index (χ1n) is 4.51. The molecule has 1 rings (SSSR count). The summed E-state index contributed by atoms with van der Waals surface area (Å²) < 4.78 is 5.23. The fraction of sp³-hybridized carbons (Fsp3) is 0.273. The van der Waals surface area contributed by atoms with Gasteiger partial charge in [-0.1, -0.05) is 15.9 Å². The van der Waals surface area contributed by atoms with E-state index in [1.165, 1.54) is 7.11 Å². The van der Waals surface area contributed by atoms with Gasteiger partial charge < -0.3 is 9.84 Å². The minimum Gasteiger partial charge on any atom is -0.469 e. The number of carbonyl (C=O) groups excluding carboxylic acids is 1. The van der Waals surface area contributed by atoms with Crippen LogP contribution in [-0.4, -0.2) is 18.2 Å². The van der Waals surface area contributed by atoms with Gasteiger partial charge in [0.05, 0.1) is 31.8 Å². The third-order valence-corrected chi connectivity index (χ3v) is 2.86. The van der Waals surface area contributed by atoms with Crippen LogP contribution in [0.15, 0.2) is 16.6 Å². The molecular formula is C11H10BrNO3. The van der Waals surface area contributed by atoms with E-state index < -0.39 is 0 Å². The number of hydrogen-bond donors (Lipinski definition) is 1. The molecule has 0 unspecified atom stereocenters. The van der Waals surface area contributed by atoms with Crippen molar-refractivity contribution in [1.29, 1.82) is 5.26 Å². The van der Waals surface area contributed by atoms with Gasteiger partial charge in [0, 0.05) is 4.47 Å². The predicted molar refractivity (Wildman–Crippen MR) is 60.5 cm³/mol. The molecule has 0 radical (unpaired) electrons. The molecule has 1 aromatic carbocycles. The molecule has 0 aliphatic heterocycles. The summed E-state index contributed by atoms with van der Waals surface area (Å²) in [6.45, 7) is -0.208. The lowest BCUT2D eigenvalue weighted by Crippen LogP contribution is -2.06. The van der Waals surface area contributed by atoms with Crippen molar-refractivity contribution >= 4 is 21.9 Å². The van der Waals surface area contributed by atoms with Crippen LogP contribution in [0.3, 0.4) is 0 Å². The Morgan fingerprint density at radius 2 is 2.25 bits per heavy atom. The van der Waals surface area contributed by atoms with Crippen molar-refractivity contribution in [2.75, 3.05) is 7.11 Å². The van der Waals surface area contributed by atoms with Gasteiger partial charge in [-0.05, 0) is 23.3 Å². The van der Waals surface area contributed by atoms with E-state index in [1.807, 2.05) is 6.07 Å². The second-order valence-electron chi connectivity index (χ2n) is 3.12. The van der Waals surface area contributed by atoms with Gasteiger partial charge in [-0.15, -0.1) is 0 Å². The summed E-state index contributed by atoms with van der Waals surface area (Å²) >= 11 is 3.28. The fourth-order valence-corrected chi connectivity index (χ4v) is 1.79. The molecule has 0 fully saturated rings. The normalized spacial score (nSPS) is 9.62. The zero-order valence-corrected chi connectivity index (χ0v) is 10.2. The lowest BCUT2D eigenvalue weighted by atomic mass is 10.0. The third kappa shape index (κ3) is 2.81. The van der Waals surface area contributed by atoms with Crippen LogP contribution >= 0.6 is 15.9 Å². The number of rotatable bonds is 3. The van der Waals surface area contributed by atoms with Crippen LogP contribution in [0.5, 0.6) is 0 Å². The topological polar surface area (TPSA) is 70.3 Å². The van der Waals surface area contributed by atoms with E-state index in [-0.39, 0.29) is 19.0 Å². The van der Waals surface area contributed by atoms with Crippen LogP contribution in [0, 0.1) is 11.3 Å². The Morgan fingerprint density at radius 3 is 2.75 bits per heavy atom. The van der Waals surface area contributed by atoms with Crippen molar-refractivity contribution in [3.63, 3.8) is 0 Å². The van der Waals surface area contributed by atoms with Crippen LogP contribution in [0.4, 0.5) is 0 Å². The minimum absolute atomic E-state index is 0.0947. The monoisotopic (exact) mass is 283 g/mol. The van der Waals surface area contributed by atoms with E-state index in [0.29, 0.717) is 21.2 Å². The van der Waals surface area contributed by atoms with E-state index in [1.54, 1.807) is 12.1 Å². The summed E-state index contributed by atoms with van der Waals surface area (Å²) in [7, 11) is 1.31. The van der Waals surface area contributed by atoms with Gasteiger partial charge in [0.25, 0.3) is 0 Å². The van der Waals surface area contributed by atoms with E-state index in [2.05, 4.69) is 20.7 Å². The maximum Gasteiger partial charge on any atom is 0.310 e. The predicted octanol–water partition coefficient (Wildman–Crippen LogP) is 1.53. The zero-order valence-electron chi connectivity index (χ0n) is 8.66. The van der Waals surface area contributed by atoms with E-state index in [0.717, 1.165) is 0 Å². The fourth-order valence-electron chi connectivity index (χ4n) is 1.26. The molecule has 1 N–H and O–H groups in total. The number of halogens is 1. The highest BCUT2D eigenvalue weighted by molar-refractivity contribution is 9.10. The molecule has 0 atom stereocenters. The molecule has 84 valence electrons. The number of ether oxygens (including phenoxy) is 1. The molecule has 0 saturated heterocycles. The quantitative estimate of drug-likeness (QED) is 0.854. The van der Waals surface area contributed by atoms with Crippen molar-refractivity contribution in [1.82, 2.24) is 0 Å². The molecule has 0 spiro atoms. The molecule has 16 heavy (non-hydrogen) atoms. The molecule has 0 heterocycles. The SMILES string of the molecule is COC(=O)Cc1cc(C#N)c(CO)cc1Br. The number of esters is 1. The van der Waals surface area contributed by atoms with Crippen molar-refractivity contribution in [3.8, 4) is 6.07 Å². The Hall–Kier alpha value is -1.38.